The summed E-state index contributed by atoms with van der Waals surface area (Å²) in [7, 11) is 0. The van der Waals surface area contributed by atoms with Gasteiger partial charge in [0.25, 0.3) is 11.8 Å². The number of rotatable bonds is 7. The third-order valence-corrected chi connectivity index (χ3v) is 7.05. The molecule has 1 saturated heterocycles. The number of anilines is 2. The van der Waals surface area contributed by atoms with E-state index in [9.17, 15) is 14.0 Å². The maximum Gasteiger partial charge on any atom is 0.256 e. The highest BCUT2D eigenvalue weighted by Crippen LogP contribution is 2.33. The fraction of sp³-hybridized carbons (Fsp3) is 0.194. The van der Waals surface area contributed by atoms with Gasteiger partial charge in [-0.25, -0.2) is 14.4 Å². The van der Waals surface area contributed by atoms with Gasteiger partial charge < -0.3 is 20.3 Å². The third-order valence-electron chi connectivity index (χ3n) is 7.05. The van der Waals surface area contributed by atoms with Crippen LogP contribution in [0.1, 0.15) is 39.1 Å². The van der Waals surface area contributed by atoms with Crippen molar-refractivity contribution in [2.24, 2.45) is 0 Å². The Balaban J connectivity index is 1.15. The van der Waals surface area contributed by atoms with Crippen molar-refractivity contribution in [2.45, 2.75) is 25.8 Å². The lowest BCUT2D eigenvalue weighted by Gasteiger charge is -2.33. The molecule has 4 heterocycles. The largest absolute Gasteiger partial charge is 0.456 e. The number of piperidine rings is 1. The number of nitrogens with one attached hydrogen (secondary N) is 3. The molecule has 1 atom stereocenters. The third kappa shape index (κ3) is 5.90. The minimum absolute atomic E-state index is 0.0727. The predicted octanol–water partition coefficient (Wildman–Crippen LogP) is 5.56. The highest BCUT2D eigenvalue weighted by atomic mass is 19.1. The number of carbonyl (C=O) groups is 2. The SMILES string of the molecule is Cc1ccnc(NC(=O)c2ccc(Oc3ccnc4[nH]nc(NC5CCCN(C(=O)c6cccc(F)c6)C5)c34)cc2)c1. The van der Waals surface area contributed by atoms with Crippen molar-refractivity contribution in [1.29, 1.82) is 0 Å². The number of amides is 2. The van der Waals surface area contributed by atoms with Gasteiger partial charge in [0.15, 0.2) is 11.5 Å². The molecule has 0 radical (unpaired) electrons. The van der Waals surface area contributed by atoms with Gasteiger partial charge >= 0.3 is 0 Å². The van der Waals surface area contributed by atoms with Gasteiger partial charge in [-0.15, -0.1) is 0 Å². The molecule has 1 aliphatic rings. The van der Waals surface area contributed by atoms with Crippen molar-refractivity contribution in [3.05, 3.63) is 102 Å². The summed E-state index contributed by atoms with van der Waals surface area (Å²) in [6, 6.07) is 17.9. The Morgan fingerprint density at radius 3 is 2.67 bits per heavy atom. The van der Waals surface area contributed by atoms with Crippen LogP contribution in [-0.4, -0.2) is 56.0 Å². The minimum Gasteiger partial charge on any atom is -0.456 e. The number of carbonyl (C=O) groups excluding carboxylic acids is 2. The number of nitrogens with zero attached hydrogens (tertiary/aromatic N) is 4. The standard InChI is InChI=1S/C31H28FN7O3/c1-19-11-13-33-26(16-19)36-30(40)20-7-9-24(10-8-20)42-25-12-14-34-28-27(25)29(38-37-28)35-23-6-3-15-39(18-23)31(41)21-4-2-5-22(32)17-21/h2,4-5,7-14,16-17,23H,3,6,15,18H2,1H3,(H,33,36,40)(H2,34,35,37,38). The number of aromatic amines is 1. The van der Waals surface area contributed by atoms with Gasteiger partial charge in [-0.3, -0.25) is 14.7 Å². The first-order chi connectivity index (χ1) is 20.4. The molecule has 1 unspecified atom stereocenters. The first kappa shape index (κ1) is 26.9. The van der Waals surface area contributed by atoms with Gasteiger partial charge in [-0.05, 0) is 79.9 Å². The summed E-state index contributed by atoms with van der Waals surface area (Å²) >= 11 is 0. The van der Waals surface area contributed by atoms with Gasteiger partial charge in [0.2, 0.25) is 0 Å². The van der Waals surface area contributed by atoms with E-state index >= 15 is 0 Å². The Hall–Kier alpha value is -5.32. The Kier molecular flexibility index (Phi) is 7.46. The van der Waals surface area contributed by atoms with Gasteiger partial charge in [-0.2, -0.15) is 5.10 Å². The van der Waals surface area contributed by atoms with Crippen molar-refractivity contribution in [3.8, 4) is 11.5 Å². The van der Waals surface area contributed by atoms with Crippen molar-refractivity contribution >= 4 is 34.5 Å². The molecule has 10 nitrogen and oxygen atoms in total. The van der Waals surface area contributed by atoms with Crippen molar-refractivity contribution in [2.75, 3.05) is 23.7 Å². The number of aryl methyl sites for hydroxylation is 1. The van der Waals surface area contributed by atoms with Crippen LogP contribution in [0.4, 0.5) is 16.0 Å². The highest BCUT2D eigenvalue weighted by Gasteiger charge is 2.26. The smallest absolute Gasteiger partial charge is 0.256 e. The molecule has 42 heavy (non-hydrogen) atoms. The molecular weight excluding hydrogens is 537 g/mol. The predicted molar refractivity (Wildman–Crippen MR) is 156 cm³/mol. The van der Waals surface area contributed by atoms with Gasteiger partial charge in [-0.1, -0.05) is 6.07 Å². The summed E-state index contributed by atoms with van der Waals surface area (Å²) in [4.78, 5) is 35.9. The molecular formula is C31H28FN7O3. The number of ether oxygens (including phenoxy) is 1. The normalized spacial score (nSPS) is 14.9. The molecule has 0 spiro atoms. The fourth-order valence-electron chi connectivity index (χ4n) is 4.98. The van der Waals surface area contributed by atoms with E-state index < -0.39 is 5.82 Å². The molecule has 2 aromatic carbocycles. The van der Waals surface area contributed by atoms with Crippen molar-refractivity contribution in [1.82, 2.24) is 25.1 Å². The lowest BCUT2D eigenvalue weighted by Crippen LogP contribution is -2.45. The van der Waals surface area contributed by atoms with Crippen LogP contribution in [0.15, 0.2) is 79.1 Å². The summed E-state index contributed by atoms with van der Waals surface area (Å²) in [6.45, 7) is 2.97. The van der Waals surface area contributed by atoms with E-state index in [2.05, 4.69) is 30.8 Å². The van der Waals surface area contributed by atoms with E-state index in [1.165, 1.54) is 18.2 Å². The maximum absolute atomic E-state index is 13.7. The minimum atomic E-state index is -0.437. The molecule has 1 fully saturated rings. The second-order valence-electron chi connectivity index (χ2n) is 10.1. The van der Waals surface area contributed by atoms with Crippen molar-refractivity contribution in [3.63, 3.8) is 0 Å². The monoisotopic (exact) mass is 565 g/mol. The van der Waals surface area contributed by atoms with Crippen LogP contribution >= 0.6 is 0 Å². The zero-order valence-corrected chi connectivity index (χ0v) is 22.8. The molecule has 0 saturated carbocycles. The van der Waals surface area contributed by atoms with Crippen LogP contribution in [0.3, 0.4) is 0 Å². The van der Waals surface area contributed by atoms with E-state index in [0.29, 0.717) is 58.4 Å². The number of fused-ring (bicyclic) bond motifs is 1. The number of halogens is 1. The molecule has 5 aromatic rings. The summed E-state index contributed by atoms with van der Waals surface area (Å²) < 4.78 is 19.9. The van der Waals surface area contributed by atoms with Gasteiger partial charge in [0.05, 0.1) is 0 Å². The summed E-state index contributed by atoms with van der Waals surface area (Å²) in [5.41, 5.74) is 2.33. The molecule has 3 aromatic heterocycles. The molecule has 3 N–H and O–H groups in total. The molecule has 11 heteroatoms. The summed E-state index contributed by atoms with van der Waals surface area (Å²) in [5.74, 6) is 1.19. The van der Waals surface area contributed by atoms with Gasteiger partial charge in [0.1, 0.15) is 28.5 Å². The Bertz CT molecular complexity index is 1760. The zero-order chi connectivity index (χ0) is 29.1. The molecule has 2 amide bonds. The molecule has 212 valence electrons. The van der Waals surface area contributed by atoms with Crippen LogP contribution in [0.2, 0.25) is 0 Å². The quantitative estimate of drug-likeness (QED) is 0.236. The molecule has 6 rings (SSSR count). The van der Waals surface area contributed by atoms with E-state index in [1.54, 1.807) is 59.8 Å². The van der Waals surface area contributed by atoms with Crippen LogP contribution in [0.25, 0.3) is 11.0 Å². The van der Waals surface area contributed by atoms with Crippen molar-refractivity contribution < 1.29 is 18.7 Å². The van der Waals surface area contributed by atoms with Crippen LogP contribution in [-0.2, 0) is 0 Å². The van der Waals surface area contributed by atoms with E-state index in [1.807, 2.05) is 13.0 Å². The Morgan fingerprint density at radius 2 is 1.86 bits per heavy atom. The second-order valence-corrected chi connectivity index (χ2v) is 10.1. The number of aromatic nitrogens is 4. The highest BCUT2D eigenvalue weighted by molar-refractivity contribution is 6.03. The number of pyridine rings is 2. The average Bonchev–Trinajstić information content (AvgIpc) is 3.41. The first-order valence-corrected chi connectivity index (χ1v) is 13.6. The molecule has 0 aliphatic carbocycles. The number of likely N-dealkylation sites (tertiary alicyclic amines) is 1. The second kappa shape index (κ2) is 11.7. The summed E-state index contributed by atoms with van der Waals surface area (Å²) in [5, 5.41) is 14.3. The van der Waals surface area contributed by atoms with E-state index in [4.69, 9.17) is 4.74 Å². The topological polar surface area (TPSA) is 125 Å². The van der Waals surface area contributed by atoms with Gasteiger partial charge in [0, 0.05) is 48.7 Å². The number of hydrogen-bond donors (Lipinski definition) is 3. The number of benzene rings is 2. The number of hydrogen-bond acceptors (Lipinski definition) is 7. The fourth-order valence-corrected chi connectivity index (χ4v) is 4.98. The Labute approximate surface area is 240 Å². The zero-order valence-electron chi connectivity index (χ0n) is 22.8. The molecule has 1 aliphatic heterocycles. The van der Waals surface area contributed by atoms with Crippen LogP contribution in [0, 0.1) is 12.7 Å². The lowest BCUT2D eigenvalue weighted by atomic mass is 10.0. The number of H-pyrrole nitrogens is 1. The van der Waals surface area contributed by atoms with E-state index in [-0.39, 0.29) is 17.9 Å². The lowest BCUT2D eigenvalue weighted by molar-refractivity contribution is 0.0714. The maximum atomic E-state index is 13.7. The first-order valence-electron chi connectivity index (χ1n) is 13.6. The van der Waals surface area contributed by atoms with Crippen LogP contribution < -0.4 is 15.4 Å². The Morgan fingerprint density at radius 1 is 1.02 bits per heavy atom. The van der Waals surface area contributed by atoms with Crippen LogP contribution in [0.5, 0.6) is 11.5 Å². The average molecular weight is 566 g/mol. The summed E-state index contributed by atoms with van der Waals surface area (Å²) in [6.07, 6.45) is 4.89. The van der Waals surface area contributed by atoms with E-state index in [0.717, 1.165) is 18.4 Å². The molecule has 0 bridgehead atoms.